The van der Waals surface area contributed by atoms with Crippen molar-refractivity contribution in [3.63, 3.8) is 0 Å². The molecule has 35 heavy (non-hydrogen) atoms. The minimum absolute atomic E-state index is 0.141. The Morgan fingerprint density at radius 3 is 2.49 bits per heavy atom. The van der Waals surface area contributed by atoms with Crippen molar-refractivity contribution in [1.82, 2.24) is 5.43 Å². The number of hydrazone groups is 1. The Morgan fingerprint density at radius 1 is 0.914 bits per heavy atom. The van der Waals surface area contributed by atoms with Crippen molar-refractivity contribution in [2.24, 2.45) is 5.10 Å². The Kier molecular flexibility index (Phi) is 6.73. The van der Waals surface area contributed by atoms with Gasteiger partial charge in [0.15, 0.2) is 0 Å². The number of ether oxygens (including phenoxy) is 1. The summed E-state index contributed by atoms with van der Waals surface area (Å²) < 4.78 is 5.58. The molecule has 0 saturated heterocycles. The molecular formula is C25H18N4O6. The molecule has 0 unspecified atom stereocenters. The highest BCUT2D eigenvalue weighted by atomic mass is 16.6. The van der Waals surface area contributed by atoms with E-state index in [1.807, 2.05) is 42.5 Å². The number of fused-ring (bicyclic) bond motifs is 1. The molecular weight excluding hydrogens is 452 g/mol. The molecule has 4 aromatic carbocycles. The highest BCUT2D eigenvalue weighted by Crippen LogP contribution is 2.34. The molecule has 1 amide bonds. The molecule has 0 aliphatic carbocycles. The number of rotatable bonds is 8. The number of non-ortho nitro benzene ring substituents is 1. The van der Waals surface area contributed by atoms with Crippen molar-refractivity contribution in [1.29, 1.82) is 0 Å². The lowest BCUT2D eigenvalue weighted by Gasteiger charge is -2.07. The van der Waals surface area contributed by atoms with Gasteiger partial charge < -0.3 is 4.74 Å². The lowest BCUT2D eigenvalue weighted by atomic mass is 10.0. The third kappa shape index (κ3) is 5.63. The van der Waals surface area contributed by atoms with Crippen LogP contribution < -0.4 is 10.2 Å². The second-order valence-electron chi connectivity index (χ2n) is 7.45. The van der Waals surface area contributed by atoms with E-state index in [-0.39, 0.29) is 23.8 Å². The van der Waals surface area contributed by atoms with Crippen molar-refractivity contribution in [2.75, 3.05) is 0 Å². The topological polar surface area (TPSA) is 137 Å². The van der Waals surface area contributed by atoms with Crippen LogP contribution in [0.15, 0.2) is 90.0 Å². The molecule has 0 spiro atoms. The number of hydrogen-bond acceptors (Lipinski definition) is 7. The zero-order valence-electron chi connectivity index (χ0n) is 18.2. The van der Waals surface area contributed by atoms with E-state index in [2.05, 4.69) is 10.5 Å². The fourth-order valence-electron chi connectivity index (χ4n) is 3.47. The van der Waals surface area contributed by atoms with Crippen LogP contribution >= 0.6 is 0 Å². The first-order chi connectivity index (χ1) is 16.9. The van der Waals surface area contributed by atoms with Crippen LogP contribution in [0.25, 0.3) is 10.8 Å². The fourth-order valence-corrected chi connectivity index (χ4v) is 3.47. The number of nitro benzene ring substituents is 2. The minimum Gasteiger partial charge on any atom is -0.450 e. The van der Waals surface area contributed by atoms with Gasteiger partial charge in [-0.25, -0.2) is 5.43 Å². The van der Waals surface area contributed by atoms with Gasteiger partial charge in [-0.2, -0.15) is 5.10 Å². The predicted molar refractivity (Wildman–Crippen MR) is 130 cm³/mol. The molecule has 0 aliphatic rings. The van der Waals surface area contributed by atoms with E-state index in [1.165, 1.54) is 12.3 Å². The van der Waals surface area contributed by atoms with Crippen molar-refractivity contribution < 1.29 is 19.4 Å². The Morgan fingerprint density at radius 2 is 1.69 bits per heavy atom. The average Bonchev–Trinajstić information content (AvgIpc) is 2.84. The number of nitro groups is 2. The van der Waals surface area contributed by atoms with Gasteiger partial charge in [0.1, 0.15) is 5.75 Å². The second kappa shape index (κ2) is 10.2. The van der Waals surface area contributed by atoms with Crippen molar-refractivity contribution in [3.05, 3.63) is 116 Å². The summed E-state index contributed by atoms with van der Waals surface area (Å²) in [6, 6.07) is 23.2. The first-order valence-corrected chi connectivity index (χ1v) is 10.4. The Bertz CT molecular complexity index is 1460. The van der Waals surface area contributed by atoms with E-state index in [4.69, 9.17) is 4.74 Å². The molecule has 4 rings (SSSR count). The zero-order valence-corrected chi connectivity index (χ0v) is 18.2. The molecule has 10 heteroatoms. The summed E-state index contributed by atoms with van der Waals surface area (Å²) in [6.07, 6.45) is 1.57. The van der Waals surface area contributed by atoms with Crippen LogP contribution in [0.2, 0.25) is 0 Å². The molecule has 0 saturated carbocycles. The van der Waals surface area contributed by atoms with E-state index in [9.17, 15) is 25.0 Å². The van der Waals surface area contributed by atoms with Gasteiger partial charge in [-0.05, 0) is 40.1 Å². The summed E-state index contributed by atoms with van der Waals surface area (Å²) in [6.45, 7) is 0. The molecule has 4 aromatic rings. The first kappa shape index (κ1) is 23.1. The van der Waals surface area contributed by atoms with E-state index >= 15 is 0 Å². The lowest BCUT2D eigenvalue weighted by Crippen LogP contribution is -2.19. The van der Waals surface area contributed by atoms with Gasteiger partial charge in [0.2, 0.25) is 11.7 Å². The second-order valence-corrected chi connectivity index (χ2v) is 7.45. The van der Waals surface area contributed by atoms with Gasteiger partial charge in [0, 0.05) is 6.07 Å². The SMILES string of the molecule is O=C(Cc1cccc2ccccc12)N/N=C/c1cccc(Oc2ccc([N+](=O)[O-])cc2[N+](=O)[O-])c1. The number of benzene rings is 4. The molecule has 0 atom stereocenters. The Labute approximate surface area is 198 Å². The van der Waals surface area contributed by atoms with Crippen LogP contribution in [0.3, 0.4) is 0 Å². The summed E-state index contributed by atoms with van der Waals surface area (Å²) in [5.74, 6) is -0.169. The highest BCUT2D eigenvalue weighted by Gasteiger charge is 2.21. The average molecular weight is 470 g/mol. The van der Waals surface area contributed by atoms with Gasteiger partial charge in [0.25, 0.3) is 5.69 Å². The fraction of sp³-hybridized carbons (Fsp3) is 0.0400. The smallest absolute Gasteiger partial charge is 0.318 e. The normalized spacial score (nSPS) is 10.9. The largest absolute Gasteiger partial charge is 0.450 e. The maximum Gasteiger partial charge on any atom is 0.318 e. The number of carbonyl (C=O) groups excluding carboxylic acids is 1. The molecule has 0 aromatic heterocycles. The summed E-state index contributed by atoms with van der Waals surface area (Å²) >= 11 is 0. The van der Waals surface area contributed by atoms with Crippen molar-refractivity contribution >= 4 is 34.3 Å². The standard InChI is InChI=1S/C25H18N4O6/c30-25(14-19-8-4-7-18-6-1-2-10-22(18)19)27-26-16-17-5-3-9-21(13-17)35-24-12-11-20(28(31)32)15-23(24)29(33)34/h1-13,15-16H,14H2,(H,27,30)/b26-16+. The molecule has 1 N–H and O–H groups in total. The van der Waals surface area contributed by atoms with E-state index in [0.717, 1.165) is 28.5 Å². The molecule has 174 valence electrons. The highest BCUT2D eigenvalue weighted by molar-refractivity contribution is 5.90. The van der Waals surface area contributed by atoms with Gasteiger partial charge >= 0.3 is 5.69 Å². The van der Waals surface area contributed by atoms with Crippen LogP contribution in [-0.4, -0.2) is 22.0 Å². The van der Waals surface area contributed by atoms with E-state index in [1.54, 1.807) is 24.3 Å². The molecule has 0 aliphatic heterocycles. The lowest BCUT2D eigenvalue weighted by molar-refractivity contribution is -0.394. The number of hydrogen-bond donors (Lipinski definition) is 1. The maximum absolute atomic E-state index is 12.4. The monoisotopic (exact) mass is 470 g/mol. The molecule has 10 nitrogen and oxygen atoms in total. The zero-order chi connectivity index (χ0) is 24.8. The number of nitrogens with zero attached hydrogens (tertiary/aromatic N) is 3. The van der Waals surface area contributed by atoms with E-state index < -0.39 is 21.2 Å². The number of amides is 1. The summed E-state index contributed by atoms with van der Waals surface area (Å²) in [4.78, 5) is 33.1. The van der Waals surface area contributed by atoms with Gasteiger partial charge in [-0.1, -0.05) is 54.6 Å². The molecule has 0 bridgehead atoms. The van der Waals surface area contributed by atoms with Crippen molar-refractivity contribution in [2.45, 2.75) is 6.42 Å². The van der Waals surface area contributed by atoms with Crippen LogP contribution in [0, 0.1) is 20.2 Å². The van der Waals surface area contributed by atoms with Crippen LogP contribution in [-0.2, 0) is 11.2 Å². The van der Waals surface area contributed by atoms with Crippen LogP contribution in [0.5, 0.6) is 11.5 Å². The summed E-state index contributed by atoms with van der Waals surface area (Å²) in [5.41, 5.74) is 3.00. The minimum atomic E-state index is -0.751. The van der Waals surface area contributed by atoms with Crippen LogP contribution in [0.1, 0.15) is 11.1 Å². The van der Waals surface area contributed by atoms with Crippen molar-refractivity contribution in [3.8, 4) is 11.5 Å². The van der Waals surface area contributed by atoms with Gasteiger partial charge in [-0.15, -0.1) is 0 Å². The maximum atomic E-state index is 12.4. The first-order valence-electron chi connectivity index (χ1n) is 10.4. The molecule has 0 heterocycles. The van der Waals surface area contributed by atoms with Gasteiger partial charge in [-0.3, -0.25) is 25.0 Å². The predicted octanol–water partition coefficient (Wildman–Crippen LogP) is 5.14. The van der Waals surface area contributed by atoms with E-state index in [0.29, 0.717) is 5.56 Å². The third-order valence-electron chi connectivity index (χ3n) is 5.07. The Hall–Kier alpha value is -5.12. The summed E-state index contributed by atoms with van der Waals surface area (Å²) in [7, 11) is 0. The molecule has 0 radical (unpaired) electrons. The Balaban J connectivity index is 1.43. The number of nitrogens with one attached hydrogen (secondary N) is 1. The quantitative estimate of drug-likeness (QED) is 0.215. The number of carbonyl (C=O) groups is 1. The van der Waals surface area contributed by atoms with Crippen LogP contribution in [0.4, 0.5) is 11.4 Å². The van der Waals surface area contributed by atoms with Gasteiger partial charge in [0.05, 0.1) is 28.5 Å². The molecule has 0 fully saturated rings. The third-order valence-corrected chi connectivity index (χ3v) is 5.07. The summed E-state index contributed by atoms with van der Waals surface area (Å²) in [5, 5.41) is 28.2.